The lowest BCUT2D eigenvalue weighted by Gasteiger charge is -2.30. The van der Waals surface area contributed by atoms with E-state index in [1.54, 1.807) is 41.1 Å². The molecule has 1 amide bonds. The van der Waals surface area contributed by atoms with Crippen LogP contribution < -0.4 is 10.3 Å². The number of amides is 1. The normalized spacial score (nSPS) is 12.0. The van der Waals surface area contributed by atoms with Gasteiger partial charge >= 0.3 is 0 Å². The fourth-order valence-electron chi connectivity index (χ4n) is 4.16. The number of benzene rings is 2. The number of hydrogen-bond acceptors (Lipinski definition) is 6. The number of aryl methyl sites for hydroxylation is 1. The van der Waals surface area contributed by atoms with Crippen LogP contribution in [0.1, 0.15) is 29.2 Å². The summed E-state index contributed by atoms with van der Waals surface area (Å²) in [4.78, 5) is 34.9. The third-order valence-corrected chi connectivity index (χ3v) is 6.86. The van der Waals surface area contributed by atoms with E-state index >= 15 is 0 Å². The molecule has 8 heteroatoms. The van der Waals surface area contributed by atoms with Gasteiger partial charge in [0.25, 0.3) is 5.56 Å². The number of nitrogens with zero attached hydrogens (tertiary/aromatic N) is 3. The number of hydrogen-bond donors (Lipinski definition) is 0. The van der Waals surface area contributed by atoms with Crippen LogP contribution in [-0.2, 0) is 16.0 Å². The van der Waals surface area contributed by atoms with Gasteiger partial charge in [-0.1, -0.05) is 24.3 Å². The van der Waals surface area contributed by atoms with E-state index in [1.165, 1.54) is 0 Å². The van der Waals surface area contributed by atoms with Crippen molar-refractivity contribution in [1.29, 1.82) is 0 Å². The van der Waals surface area contributed by atoms with Gasteiger partial charge in [-0.25, -0.2) is 4.98 Å². The fourth-order valence-corrected chi connectivity index (χ4v) is 4.86. The molecule has 1 unspecified atom stereocenters. The predicted molar refractivity (Wildman–Crippen MR) is 139 cm³/mol. The molecular weight excluding hydrogens is 462 g/mol. The second-order valence-electron chi connectivity index (χ2n) is 8.32. The lowest BCUT2D eigenvalue weighted by atomic mass is 10.1. The summed E-state index contributed by atoms with van der Waals surface area (Å²) in [5, 5.41) is 2.46. The highest BCUT2D eigenvalue weighted by atomic mass is 32.1. The van der Waals surface area contributed by atoms with Gasteiger partial charge in [-0.3, -0.25) is 14.2 Å². The average Bonchev–Trinajstić information content (AvgIpc) is 3.37. The van der Waals surface area contributed by atoms with Gasteiger partial charge in [0, 0.05) is 18.5 Å². The van der Waals surface area contributed by atoms with Crippen molar-refractivity contribution in [1.82, 2.24) is 14.5 Å². The van der Waals surface area contributed by atoms with Gasteiger partial charge in [0.1, 0.15) is 11.6 Å². The van der Waals surface area contributed by atoms with Crippen LogP contribution in [0.25, 0.3) is 16.6 Å². The molecule has 7 nitrogen and oxygen atoms in total. The van der Waals surface area contributed by atoms with Crippen molar-refractivity contribution in [3.63, 3.8) is 0 Å². The third kappa shape index (κ3) is 5.13. The predicted octanol–water partition coefficient (Wildman–Crippen LogP) is 4.54. The molecule has 182 valence electrons. The Labute approximate surface area is 208 Å². The van der Waals surface area contributed by atoms with Gasteiger partial charge in [-0.2, -0.15) is 0 Å². The molecule has 2 aromatic carbocycles. The van der Waals surface area contributed by atoms with Crippen molar-refractivity contribution in [3.05, 3.63) is 86.6 Å². The van der Waals surface area contributed by atoms with Gasteiger partial charge in [0.2, 0.25) is 5.91 Å². The van der Waals surface area contributed by atoms with Crippen molar-refractivity contribution in [3.8, 4) is 11.4 Å². The number of carbonyl (C=O) groups is 1. The molecule has 0 fully saturated rings. The lowest BCUT2D eigenvalue weighted by Crippen LogP contribution is -2.40. The third-order valence-electron chi connectivity index (χ3n) is 5.98. The summed E-state index contributed by atoms with van der Waals surface area (Å²) >= 11 is 1.54. The van der Waals surface area contributed by atoms with Crippen molar-refractivity contribution in [2.45, 2.75) is 26.3 Å². The van der Waals surface area contributed by atoms with Crippen molar-refractivity contribution in [2.75, 3.05) is 27.4 Å². The van der Waals surface area contributed by atoms with Crippen LogP contribution in [0.15, 0.2) is 64.8 Å². The zero-order valence-electron chi connectivity index (χ0n) is 20.4. The van der Waals surface area contributed by atoms with Gasteiger partial charge < -0.3 is 14.4 Å². The molecule has 0 saturated heterocycles. The summed E-state index contributed by atoms with van der Waals surface area (Å²) in [6.45, 7) is 4.60. The highest BCUT2D eigenvalue weighted by Crippen LogP contribution is 2.29. The Balaban J connectivity index is 1.90. The summed E-state index contributed by atoms with van der Waals surface area (Å²) in [5.41, 5.74) is 1.94. The minimum absolute atomic E-state index is 0.0536. The van der Waals surface area contributed by atoms with E-state index in [4.69, 9.17) is 14.5 Å². The minimum atomic E-state index is -0.500. The molecule has 0 saturated carbocycles. The first-order chi connectivity index (χ1) is 16.9. The maximum atomic E-state index is 13.8. The first kappa shape index (κ1) is 24.6. The molecule has 0 N–H and O–H groups in total. The number of thiophene rings is 1. The second kappa shape index (κ2) is 10.8. The maximum absolute atomic E-state index is 13.8. The first-order valence-corrected chi connectivity index (χ1v) is 12.3. The first-order valence-electron chi connectivity index (χ1n) is 11.4. The van der Waals surface area contributed by atoms with E-state index in [2.05, 4.69) is 0 Å². The van der Waals surface area contributed by atoms with Crippen molar-refractivity contribution in [2.24, 2.45) is 0 Å². The number of methoxy groups -OCH3 is 2. The summed E-state index contributed by atoms with van der Waals surface area (Å²) in [7, 11) is 3.18. The molecule has 1 atom stereocenters. The molecular formula is C27H29N3O4S. The molecule has 0 bridgehead atoms. The number of fused-ring (bicyclic) bond motifs is 1. The van der Waals surface area contributed by atoms with Crippen LogP contribution in [0, 0.1) is 6.92 Å². The zero-order chi connectivity index (χ0) is 24.9. The largest absolute Gasteiger partial charge is 0.495 e. The van der Waals surface area contributed by atoms with Crippen LogP contribution >= 0.6 is 11.3 Å². The van der Waals surface area contributed by atoms with E-state index in [0.717, 1.165) is 10.4 Å². The fraction of sp³-hybridized carbons (Fsp3) is 0.296. The number of aromatic nitrogens is 2. The summed E-state index contributed by atoms with van der Waals surface area (Å²) in [6.07, 6.45) is 0.275. The number of carbonyl (C=O) groups excluding carboxylic acids is 1. The van der Waals surface area contributed by atoms with Gasteiger partial charge in [0.15, 0.2) is 0 Å². The topological polar surface area (TPSA) is 73.7 Å². The lowest BCUT2D eigenvalue weighted by molar-refractivity contribution is -0.133. The number of ether oxygens (including phenoxy) is 2. The van der Waals surface area contributed by atoms with E-state index in [9.17, 15) is 9.59 Å². The quantitative estimate of drug-likeness (QED) is 0.344. The molecule has 35 heavy (non-hydrogen) atoms. The number of para-hydroxylation sites is 1. The van der Waals surface area contributed by atoms with Crippen molar-refractivity contribution >= 4 is 28.1 Å². The minimum Gasteiger partial charge on any atom is -0.495 e. The number of rotatable bonds is 9. The molecule has 4 aromatic rings. The SMILES string of the molecule is COCCN(C(=O)Cc1cccs1)C(C)c1nc2ccccc2c(=O)n1-c1cc(C)ccc1OC. The molecule has 2 heterocycles. The Morgan fingerprint density at radius 2 is 1.94 bits per heavy atom. The van der Waals surface area contributed by atoms with Gasteiger partial charge in [0.05, 0.1) is 42.8 Å². The molecule has 0 aliphatic heterocycles. The monoisotopic (exact) mass is 491 g/mol. The summed E-state index contributed by atoms with van der Waals surface area (Å²) in [5.74, 6) is 0.965. The van der Waals surface area contributed by atoms with Crippen LogP contribution in [0.2, 0.25) is 0 Å². The van der Waals surface area contributed by atoms with Crippen molar-refractivity contribution < 1.29 is 14.3 Å². The van der Waals surface area contributed by atoms with Crippen LogP contribution in [0.5, 0.6) is 5.75 Å². The standard InChI is InChI=1S/C27H29N3O4S/c1-18-11-12-24(34-4)23(16-18)30-26(28-22-10-6-5-9-21(22)27(30)32)19(2)29(13-14-33-3)25(31)17-20-8-7-15-35-20/h5-12,15-16,19H,13-14,17H2,1-4H3. The molecule has 0 radical (unpaired) electrons. The van der Waals surface area contributed by atoms with E-state index in [-0.39, 0.29) is 17.9 Å². The maximum Gasteiger partial charge on any atom is 0.266 e. The molecule has 4 rings (SSSR count). The summed E-state index contributed by atoms with van der Waals surface area (Å²) in [6, 6.07) is 16.3. The van der Waals surface area contributed by atoms with E-state index < -0.39 is 6.04 Å². The zero-order valence-corrected chi connectivity index (χ0v) is 21.2. The second-order valence-corrected chi connectivity index (χ2v) is 9.35. The Hall–Kier alpha value is -3.49. The average molecular weight is 492 g/mol. The molecule has 0 aliphatic carbocycles. The molecule has 0 spiro atoms. The molecule has 2 aromatic heterocycles. The molecule has 0 aliphatic rings. The Bertz CT molecular complexity index is 1380. The van der Waals surface area contributed by atoms with E-state index in [0.29, 0.717) is 41.3 Å². The van der Waals surface area contributed by atoms with Gasteiger partial charge in [-0.05, 0) is 55.1 Å². The highest BCUT2D eigenvalue weighted by Gasteiger charge is 2.28. The summed E-state index contributed by atoms with van der Waals surface area (Å²) < 4.78 is 12.5. The van der Waals surface area contributed by atoms with Crippen LogP contribution in [0.3, 0.4) is 0 Å². The van der Waals surface area contributed by atoms with Crippen LogP contribution in [-0.4, -0.2) is 47.7 Å². The highest BCUT2D eigenvalue weighted by molar-refractivity contribution is 7.10. The Morgan fingerprint density at radius 3 is 2.66 bits per heavy atom. The van der Waals surface area contributed by atoms with Crippen LogP contribution in [0.4, 0.5) is 0 Å². The smallest absolute Gasteiger partial charge is 0.266 e. The Morgan fingerprint density at radius 1 is 1.14 bits per heavy atom. The Kier molecular flexibility index (Phi) is 7.63. The van der Waals surface area contributed by atoms with Gasteiger partial charge in [-0.15, -0.1) is 11.3 Å². The van der Waals surface area contributed by atoms with E-state index in [1.807, 2.05) is 67.8 Å².